The van der Waals surface area contributed by atoms with Crippen molar-refractivity contribution < 1.29 is 14.4 Å². The molecule has 16 heavy (non-hydrogen) atoms. The predicted octanol–water partition coefficient (Wildman–Crippen LogP) is 1.79. The van der Waals surface area contributed by atoms with Crippen molar-refractivity contribution >= 4 is 5.97 Å². The topological polar surface area (TPSA) is 47.6 Å². The Labute approximate surface area is 96.6 Å². The maximum Gasteiger partial charge on any atom is 0.311 e. The highest BCUT2D eigenvalue weighted by atomic mass is 16.7. The fraction of sp³-hybridized carbons (Fsp3) is 0.917. The van der Waals surface area contributed by atoms with Crippen molar-refractivity contribution in [3.05, 3.63) is 0 Å². The van der Waals surface area contributed by atoms with Crippen LogP contribution in [0.4, 0.5) is 0 Å². The first kappa shape index (κ1) is 11.9. The third kappa shape index (κ3) is 2.23. The second-order valence-electron chi connectivity index (χ2n) is 4.84. The predicted molar refractivity (Wildman–Crippen MR) is 59.6 cm³/mol. The summed E-state index contributed by atoms with van der Waals surface area (Å²) in [5.74, 6) is -0.196. The molecule has 4 nitrogen and oxygen atoms in total. The van der Waals surface area contributed by atoms with Gasteiger partial charge in [0.15, 0.2) is 0 Å². The van der Waals surface area contributed by atoms with E-state index in [4.69, 9.17) is 9.57 Å². The summed E-state index contributed by atoms with van der Waals surface area (Å²) in [6.45, 7) is 0.829. The molecule has 0 amide bonds. The number of hydroxylamine groups is 1. The van der Waals surface area contributed by atoms with Crippen molar-refractivity contribution in [1.82, 2.24) is 5.48 Å². The Morgan fingerprint density at radius 1 is 1.31 bits per heavy atom. The molecule has 2 rings (SSSR count). The van der Waals surface area contributed by atoms with E-state index in [-0.39, 0.29) is 17.5 Å². The molecule has 2 aliphatic rings. The van der Waals surface area contributed by atoms with Gasteiger partial charge in [0, 0.05) is 6.54 Å². The smallest absolute Gasteiger partial charge is 0.311 e. The van der Waals surface area contributed by atoms with E-state index in [1.54, 1.807) is 0 Å². The van der Waals surface area contributed by atoms with Gasteiger partial charge in [-0.1, -0.05) is 19.3 Å². The Hall–Kier alpha value is -0.610. The van der Waals surface area contributed by atoms with Crippen molar-refractivity contribution in [2.75, 3.05) is 13.7 Å². The first-order valence-corrected chi connectivity index (χ1v) is 6.27. The summed E-state index contributed by atoms with van der Waals surface area (Å²) < 4.78 is 4.93. The lowest BCUT2D eigenvalue weighted by Gasteiger charge is -2.39. The summed E-state index contributed by atoms with van der Waals surface area (Å²) in [5, 5.41) is 0. The van der Waals surface area contributed by atoms with Gasteiger partial charge in [-0.2, -0.15) is 0 Å². The number of hydrogen-bond donors (Lipinski definition) is 1. The lowest BCUT2D eigenvalue weighted by atomic mass is 9.74. The summed E-state index contributed by atoms with van der Waals surface area (Å²) >= 11 is 0. The van der Waals surface area contributed by atoms with Crippen molar-refractivity contribution in [2.45, 2.75) is 50.5 Å². The molecule has 1 atom stereocenters. The number of esters is 1. The van der Waals surface area contributed by atoms with Crippen molar-refractivity contribution in [2.24, 2.45) is 5.92 Å². The molecule has 0 bridgehead atoms. The average molecular weight is 227 g/mol. The number of hydrogen-bond acceptors (Lipinski definition) is 4. The highest BCUT2D eigenvalue weighted by molar-refractivity contribution is 5.73. The van der Waals surface area contributed by atoms with Gasteiger partial charge < -0.3 is 4.74 Å². The Morgan fingerprint density at radius 3 is 2.75 bits per heavy atom. The van der Waals surface area contributed by atoms with Gasteiger partial charge in [-0.05, 0) is 25.7 Å². The molecule has 1 saturated heterocycles. The minimum atomic E-state index is -0.304. The number of rotatable bonds is 1. The van der Waals surface area contributed by atoms with Crippen molar-refractivity contribution in [3.8, 4) is 0 Å². The van der Waals surface area contributed by atoms with Crippen LogP contribution in [-0.2, 0) is 14.4 Å². The molecule has 1 heterocycles. The van der Waals surface area contributed by atoms with E-state index in [0.29, 0.717) is 0 Å². The molecule has 1 spiro atoms. The maximum absolute atomic E-state index is 11.9. The minimum Gasteiger partial charge on any atom is -0.469 e. The van der Waals surface area contributed by atoms with Crippen LogP contribution in [0.5, 0.6) is 0 Å². The quantitative estimate of drug-likeness (QED) is 0.694. The first-order valence-electron chi connectivity index (χ1n) is 6.27. The van der Waals surface area contributed by atoms with Crippen molar-refractivity contribution in [3.63, 3.8) is 0 Å². The zero-order valence-corrected chi connectivity index (χ0v) is 9.96. The highest BCUT2D eigenvalue weighted by Crippen LogP contribution is 2.40. The van der Waals surface area contributed by atoms with Gasteiger partial charge in [0.1, 0.15) is 5.60 Å². The normalized spacial score (nSPS) is 29.7. The van der Waals surface area contributed by atoms with E-state index >= 15 is 0 Å². The number of carbonyl (C=O) groups excluding carboxylic acids is 1. The molecule has 0 radical (unpaired) electrons. The van der Waals surface area contributed by atoms with E-state index in [1.807, 2.05) is 0 Å². The number of methoxy groups -OCH3 is 1. The van der Waals surface area contributed by atoms with Crippen LogP contribution in [0.1, 0.15) is 44.9 Å². The molecule has 4 heteroatoms. The SMILES string of the molecule is COC(=O)C1CCCNOC12CCCCC2. The van der Waals surface area contributed by atoms with E-state index in [9.17, 15) is 4.79 Å². The molecular weight excluding hydrogens is 206 g/mol. The third-order valence-corrected chi connectivity index (χ3v) is 3.87. The van der Waals surface area contributed by atoms with Crippen LogP contribution < -0.4 is 5.48 Å². The summed E-state index contributed by atoms with van der Waals surface area (Å²) in [5.41, 5.74) is 2.71. The molecule has 0 aromatic carbocycles. The number of ether oxygens (including phenoxy) is 1. The average Bonchev–Trinajstić information content (AvgIpc) is 2.52. The van der Waals surface area contributed by atoms with Gasteiger partial charge in [0.2, 0.25) is 0 Å². The van der Waals surface area contributed by atoms with Gasteiger partial charge in [0.25, 0.3) is 0 Å². The molecule has 0 aromatic heterocycles. The van der Waals surface area contributed by atoms with Crippen LogP contribution in [-0.4, -0.2) is 25.2 Å². The first-order chi connectivity index (χ1) is 7.78. The Kier molecular flexibility index (Phi) is 3.82. The van der Waals surface area contributed by atoms with Gasteiger partial charge in [0.05, 0.1) is 13.0 Å². The Balaban J connectivity index is 2.17. The van der Waals surface area contributed by atoms with E-state index in [2.05, 4.69) is 5.48 Å². The summed E-state index contributed by atoms with van der Waals surface area (Å²) in [6.07, 6.45) is 7.34. The molecule has 1 unspecified atom stereocenters. The van der Waals surface area contributed by atoms with Crippen LogP contribution in [0.2, 0.25) is 0 Å². The lowest BCUT2D eigenvalue weighted by Crippen LogP contribution is -2.48. The zero-order chi connectivity index (χ0) is 11.4. The van der Waals surface area contributed by atoms with E-state index in [0.717, 1.165) is 45.1 Å². The largest absolute Gasteiger partial charge is 0.469 e. The highest BCUT2D eigenvalue weighted by Gasteiger charge is 2.46. The second-order valence-corrected chi connectivity index (χ2v) is 4.84. The van der Waals surface area contributed by atoms with Crippen molar-refractivity contribution in [1.29, 1.82) is 0 Å². The second kappa shape index (κ2) is 5.15. The fourth-order valence-electron chi connectivity index (χ4n) is 2.98. The summed E-state index contributed by atoms with van der Waals surface area (Å²) in [6, 6.07) is 0. The lowest BCUT2D eigenvalue weighted by molar-refractivity contribution is -0.177. The van der Waals surface area contributed by atoms with Crippen LogP contribution in [0.25, 0.3) is 0 Å². The summed E-state index contributed by atoms with van der Waals surface area (Å²) in [4.78, 5) is 17.7. The van der Waals surface area contributed by atoms with E-state index in [1.165, 1.54) is 13.5 Å². The van der Waals surface area contributed by atoms with Gasteiger partial charge in [-0.25, -0.2) is 5.48 Å². The molecule has 1 aliphatic carbocycles. The van der Waals surface area contributed by atoms with Crippen LogP contribution >= 0.6 is 0 Å². The fourth-order valence-corrected chi connectivity index (χ4v) is 2.98. The standard InChI is InChI=1S/C12H21NO3/c1-15-11(14)10-6-5-9-13-16-12(10)7-3-2-4-8-12/h10,13H,2-9H2,1H3. The van der Waals surface area contributed by atoms with Gasteiger partial charge in [-0.3, -0.25) is 9.63 Å². The van der Waals surface area contributed by atoms with E-state index < -0.39 is 0 Å². The maximum atomic E-state index is 11.9. The zero-order valence-electron chi connectivity index (χ0n) is 9.96. The van der Waals surface area contributed by atoms with Crippen LogP contribution in [0, 0.1) is 5.92 Å². The molecule has 1 N–H and O–H groups in total. The molecule has 2 fully saturated rings. The molecule has 0 aromatic rings. The van der Waals surface area contributed by atoms with Gasteiger partial charge >= 0.3 is 5.97 Å². The van der Waals surface area contributed by atoms with Gasteiger partial charge in [-0.15, -0.1) is 0 Å². The number of carbonyl (C=O) groups is 1. The molecule has 1 saturated carbocycles. The Bertz CT molecular complexity index is 249. The molecular formula is C12H21NO3. The number of nitrogens with one attached hydrogen (secondary N) is 1. The monoisotopic (exact) mass is 227 g/mol. The third-order valence-electron chi connectivity index (χ3n) is 3.87. The molecule has 92 valence electrons. The van der Waals surface area contributed by atoms with Crippen LogP contribution in [0.15, 0.2) is 0 Å². The molecule has 1 aliphatic heterocycles. The van der Waals surface area contributed by atoms with Crippen LogP contribution in [0.3, 0.4) is 0 Å². The minimum absolute atomic E-state index is 0.0900. The Morgan fingerprint density at radius 2 is 2.06 bits per heavy atom. The summed E-state index contributed by atoms with van der Waals surface area (Å²) in [7, 11) is 1.47.